The van der Waals surface area contributed by atoms with Crippen LogP contribution in [0.5, 0.6) is 0 Å². The molecule has 0 unspecified atom stereocenters. The molecular formula is C17H18N4O2S. The van der Waals surface area contributed by atoms with Gasteiger partial charge in [0.1, 0.15) is 0 Å². The van der Waals surface area contributed by atoms with E-state index in [1.54, 1.807) is 29.7 Å². The Morgan fingerprint density at radius 2 is 2.29 bits per heavy atom. The van der Waals surface area contributed by atoms with Gasteiger partial charge in [0.15, 0.2) is 5.65 Å². The first kappa shape index (κ1) is 15.1. The molecule has 4 rings (SSSR count). The molecule has 3 aromatic rings. The Balaban J connectivity index is 1.65. The van der Waals surface area contributed by atoms with Gasteiger partial charge in [-0.25, -0.2) is 9.50 Å². The third kappa shape index (κ3) is 2.75. The lowest BCUT2D eigenvalue weighted by atomic mass is 9.98. The Labute approximate surface area is 142 Å². The van der Waals surface area contributed by atoms with E-state index in [4.69, 9.17) is 0 Å². The number of aromatic nitrogens is 3. The first-order chi connectivity index (χ1) is 11.7. The maximum Gasteiger partial charge on any atom is 0.272 e. The minimum Gasteiger partial charge on any atom is -0.334 e. The van der Waals surface area contributed by atoms with E-state index in [9.17, 15) is 9.59 Å². The van der Waals surface area contributed by atoms with Gasteiger partial charge in [0.2, 0.25) is 5.91 Å². The van der Waals surface area contributed by atoms with E-state index in [1.165, 1.54) is 4.52 Å². The van der Waals surface area contributed by atoms with Crippen molar-refractivity contribution < 1.29 is 4.79 Å². The molecule has 6 nitrogen and oxygen atoms in total. The summed E-state index contributed by atoms with van der Waals surface area (Å²) in [6.45, 7) is 0.725. The summed E-state index contributed by atoms with van der Waals surface area (Å²) < 4.78 is 1.41. The minimum atomic E-state index is -0.142. The molecule has 1 fully saturated rings. The van der Waals surface area contributed by atoms with E-state index in [-0.39, 0.29) is 17.5 Å². The van der Waals surface area contributed by atoms with Crippen LogP contribution >= 0.6 is 11.3 Å². The van der Waals surface area contributed by atoms with Crippen molar-refractivity contribution in [3.05, 3.63) is 56.8 Å². The summed E-state index contributed by atoms with van der Waals surface area (Å²) in [6.07, 6.45) is 5.00. The average Bonchev–Trinajstić information content (AvgIpc) is 3.26. The molecule has 1 saturated heterocycles. The normalized spacial score (nSPS) is 18.2. The van der Waals surface area contributed by atoms with Crippen molar-refractivity contribution in [2.24, 2.45) is 0 Å². The number of aromatic amines is 1. The number of rotatable bonds is 3. The molecule has 1 aliphatic rings. The summed E-state index contributed by atoms with van der Waals surface area (Å²) >= 11 is 1.60. The van der Waals surface area contributed by atoms with Crippen LogP contribution in [-0.2, 0) is 11.2 Å². The lowest BCUT2D eigenvalue weighted by molar-refractivity contribution is -0.134. The SMILES string of the molecule is O=C(Cc1cccs1)N1CCCC[C@H]1c1cc(=O)n2[nH]ccc2n1. The first-order valence-electron chi connectivity index (χ1n) is 8.11. The minimum absolute atomic E-state index is 0.109. The standard InChI is InChI=1S/C17H18N4O2S/c22-16(10-12-4-3-9-24-12)20-8-2-1-5-14(20)13-11-17(23)21-15(19-13)6-7-18-21/h3-4,6-7,9,11,14,18H,1-2,5,8,10H2/t14-/m0/s1. The van der Waals surface area contributed by atoms with E-state index in [0.29, 0.717) is 17.8 Å². The zero-order valence-electron chi connectivity index (χ0n) is 13.1. The Kier molecular flexibility index (Phi) is 3.93. The van der Waals surface area contributed by atoms with Crippen LogP contribution in [0.3, 0.4) is 0 Å². The highest BCUT2D eigenvalue weighted by Gasteiger charge is 2.29. The van der Waals surface area contributed by atoms with Crippen molar-refractivity contribution in [2.45, 2.75) is 31.7 Å². The number of thiophene rings is 1. The molecule has 1 N–H and O–H groups in total. The Hall–Kier alpha value is -2.41. The van der Waals surface area contributed by atoms with E-state index in [0.717, 1.165) is 30.7 Å². The molecule has 1 amide bonds. The van der Waals surface area contributed by atoms with Crippen molar-refractivity contribution in [3.8, 4) is 0 Å². The monoisotopic (exact) mass is 342 g/mol. The molecule has 0 saturated carbocycles. The second-order valence-electron chi connectivity index (χ2n) is 6.03. The van der Waals surface area contributed by atoms with Crippen LogP contribution in [0.25, 0.3) is 5.65 Å². The predicted octanol–water partition coefficient (Wildman–Crippen LogP) is 2.38. The highest BCUT2D eigenvalue weighted by Crippen LogP contribution is 2.30. The zero-order chi connectivity index (χ0) is 16.5. The molecule has 1 aliphatic heterocycles. The second-order valence-corrected chi connectivity index (χ2v) is 7.06. The van der Waals surface area contributed by atoms with Crippen molar-refractivity contribution in [1.29, 1.82) is 0 Å². The van der Waals surface area contributed by atoms with Gasteiger partial charge in [0.05, 0.1) is 18.2 Å². The third-order valence-corrected chi connectivity index (χ3v) is 5.35. The van der Waals surface area contributed by atoms with E-state index < -0.39 is 0 Å². The van der Waals surface area contributed by atoms with Gasteiger partial charge in [0, 0.05) is 29.8 Å². The number of carbonyl (C=O) groups is 1. The topological polar surface area (TPSA) is 70.5 Å². The van der Waals surface area contributed by atoms with Gasteiger partial charge < -0.3 is 4.90 Å². The molecule has 124 valence electrons. The van der Waals surface area contributed by atoms with Crippen molar-refractivity contribution in [3.63, 3.8) is 0 Å². The average molecular weight is 342 g/mol. The van der Waals surface area contributed by atoms with Crippen LogP contribution in [0.15, 0.2) is 40.6 Å². The van der Waals surface area contributed by atoms with Gasteiger partial charge >= 0.3 is 0 Å². The molecular weight excluding hydrogens is 324 g/mol. The van der Waals surface area contributed by atoms with Crippen LogP contribution in [-0.4, -0.2) is 31.9 Å². The van der Waals surface area contributed by atoms with E-state index in [2.05, 4.69) is 10.1 Å². The molecule has 7 heteroatoms. The van der Waals surface area contributed by atoms with Crippen LogP contribution in [0.1, 0.15) is 35.9 Å². The number of hydrogen-bond acceptors (Lipinski definition) is 4. The van der Waals surface area contributed by atoms with Crippen molar-refractivity contribution >= 4 is 22.9 Å². The summed E-state index contributed by atoms with van der Waals surface area (Å²) in [5.74, 6) is 0.109. The summed E-state index contributed by atoms with van der Waals surface area (Å²) in [6, 6.07) is 7.15. The van der Waals surface area contributed by atoms with Gasteiger partial charge in [-0.05, 0) is 30.7 Å². The number of fused-ring (bicyclic) bond motifs is 1. The number of hydrogen-bond donors (Lipinski definition) is 1. The highest BCUT2D eigenvalue weighted by molar-refractivity contribution is 7.10. The number of piperidine rings is 1. The maximum absolute atomic E-state index is 12.8. The summed E-state index contributed by atoms with van der Waals surface area (Å²) in [7, 11) is 0. The quantitative estimate of drug-likeness (QED) is 0.794. The molecule has 3 aromatic heterocycles. The maximum atomic E-state index is 12.8. The molecule has 0 bridgehead atoms. The fraction of sp³-hybridized carbons (Fsp3) is 0.353. The van der Waals surface area contributed by atoms with Crippen LogP contribution in [0.2, 0.25) is 0 Å². The number of amides is 1. The summed E-state index contributed by atoms with van der Waals surface area (Å²) in [5.41, 5.74) is 1.14. The van der Waals surface area contributed by atoms with Gasteiger partial charge in [-0.2, -0.15) is 0 Å². The largest absolute Gasteiger partial charge is 0.334 e. The third-order valence-electron chi connectivity index (χ3n) is 4.47. The lowest BCUT2D eigenvalue weighted by Crippen LogP contribution is -2.40. The molecule has 0 radical (unpaired) electrons. The molecule has 24 heavy (non-hydrogen) atoms. The van der Waals surface area contributed by atoms with Gasteiger partial charge in [-0.15, -0.1) is 11.3 Å². The first-order valence-corrected chi connectivity index (χ1v) is 8.99. The number of carbonyl (C=O) groups excluding carboxylic acids is 1. The Morgan fingerprint density at radius 3 is 3.12 bits per heavy atom. The Morgan fingerprint density at radius 1 is 1.38 bits per heavy atom. The van der Waals surface area contributed by atoms with Crippen LogP contribution in [0.4, 0.5) is 0 Å². The number of likely N-dealkylation sites (tertiary alicyclic amines) is 1. The zero-order valence-corrected chi connectivity index (χ0v) is 14.0. The highest BCUT2D eigenvalue weighted by atomic mass is 32.1. The number of nitrogens with zero attached hydrogens (tertiary/aromatic N) is 3. The summed E-state index contributed by atoms with van der Waals surface area (Å²) in [4.78, 5) is 32.5. The Bertz CT molecular complexity index is 912. The molecule has 0 aromatic carbocycles. The van der Waals surface area contributed by atoms with Gasteiger partial charge in [-0.3, -0.25) is 14.7 Å². The number of nitrogens with one attached hydrogen (secondary N) is 1. The number of H-pyrrole nitrogens is 1. The van der Waals surface area contributed by atoms with Crippen molar-refractivity contribution in [1.82, 2.24) is 19.5 Å². The fourth-order valence-electron chi connectivity index (χ4n) is 3.32. The van der Waals surface area contributed by atoms with Gasteiger partial charge in [-0.1, -0.05) is 6.07 Å². The molecule has 1 atom stereocenters. The molecule has 4 heterocycles. The molecule has 0 spiro atoms. The lowest BCUT2D eigenvalue weighted by Gasteiger charge is -2.35. The predicted molar refractivity (Wildman–Crippen MR) is 92.1 cm³/mol. The van der Waals surface area contributed by atoms with E-state index in [1.807, 2.05) is 22.4 Å². The molecule has 0 aliphatic carbocycles. The van der Waals surface area contributed by atoms with Crippen LogP contribution < -0.4 is 5.56 Å². The van der Waals surface area contributed by atoms with Crippen molar-refractivity contribution in [2.75, 3.05) is 6.54 Å². The fourth-order valence-corrected chi connectivity index (χ4v) is 4.01. The van der Waals surface area contributed by atoms with Gasteiger partial charge in [0.25, 0.3) is 5.56 Å². The smallest absolute Gasteiger partial charge is 0.272 e. The van der Waals surface area contributed by atoms with Crippen LogP contribution in [0, 0.1) is 0 Å². The second kappa shape index (κ2) is 6.24. The van der Waals surface area contributed by atoms with E-state index >= 15 is 0 Å². The summed E-state index contributed by atoms with van der Waals surface area (Å²) in [5, 5.41) is 4.83.